The number of esters is 1. The molecular weight excluding hydrogens is 240 g/mol. The second kappa shape index (κ2) is 4.47. The second-order valence-electron chi connectivity index (χ2n) is 7.27. The monoisotopic (exact) mass is 264 g/mol. The summed E-state index contributed by atoms with van der Waals surface area (Å²) in [6.45, 7) is 2.37. The van der Waals surface area contributed by atoms with Crippen LogP contribution in [0, 0.1) is 41.4 Å². The lowest BCUT2D eigenvalue weighted by Crippen LogP contribution is -2.34. The van der Waals surface area contributed by atoms with E-state index in [4.69, 9.17) is 9.47 Å². The maximum atomic E-state index is 10.7. The molecular formula is C16H24O3. The lowest BCUT2D eigenvalue weighted by molar-refractivity contribution is -0.155. The summed E-state index contributed by atoms with van der Waals surface area (Å²) in [5.41, 5.74) is 0. The Bertz CT molecular complexity index is 380. The number of hydrogen-bond acceptors (Lipinski definition) is 3. The van der Waals surface area contributed by atoms with Crippen molar-refractivity contribution in [2.45, 2.75) is 39.0 Å². The van der Waals surface area contributed by atoms with E-state index in [0.29, 0.717) is 0 Å². The molecule has 4 bridgehead atoms. The van der Waals surface area contributed by atoms with Crippen LogP contribution in [0.5, 0.6) is 0 Å². The molecule has 7 atom stereocenters. The van der Waals surface area contributed by atoms with Crippen LogP contribution < -0.4 is 0 Å². The molecule has 0 aromatic carbocycles. The van der Waals surface area contributed by atoms with Crippen molar-refractivity contribution in [3.05, 3.63) is 0 Å². The van der Waals surface area contributed by atoms with Gasteiger partial charge < -0.3 is 9.47 Å². The largest absolute Gasteiger partial charge is 0.439 e. The first kappa shape index (κ1) is 12.2. The molecule has 0 spiro atoms. The van der Waals surface area contributed by atoms with Crippen LogP contribution in [0.4, 0.5) is 0 Å². The summed E-state index contributed by atoms with van der Waals surface area (Å²) in [7, 11) is 0. The van der Waals surface area contributed by atoms with Crippen LogP contribution in [0.15, 0.2) is 0 Å². The van der Waals surface area contributed by atoms with Crippen LogP contribution in [-0.4, -0.2) is 19.4 Å². The topological polar surface area (TPSA) is 35.5 Å². The minimum absolute atomic E-state index is 0.142. The summed E-state index contributed by atoms with van der Waals surface area (Å²) in [5.74, 6) is 6.63. The van der Waals surface area contributed by atoms with Gasteiger partial charge in [0, 0.05) is 6.92 Å². The van der Waals surface area contributed by atoms with Gasteiger partial charge in [-0.15, -0.1) is 0 Å². The number of carbonyl (C=O) groups is 1. The third kappa shape index (κ3) is 1.84. The van der Waals surface area contributed by atoms with Crippen molar-refractivity contribution < 1.29 is 14.3 Å². The van der Waals surface area contributed by atoms with Crippen molar-refractivity contribution in [1.82, 2.24) is 0 Å². The van der Waals surface area contributed by atoms with Crippen molar-refractivity contribution in [3.63, 3.8) is 0 Å². The average molecular weight is 264 g/mol. The van der Waals surface area contributed by atoms with Gasteiger partial charge in [0.25, 0.3) is 0 Å². The van der Waals surface area contributed by atoms with Gasteiger partial charge in [-0.3, -0.25) is 4.79 Å². The predicted octanol–water partition coefficient (Wildman–Crippen LogP) is 2.84. The van der Waals surface area contributed by atoms with Crippen LogP contribution in [0.1, 0.15) is 39.0 Å². The molecule has 4 aliphatic rings. The fraction of sp³-hybridized carbons (Fsp3) is 0.938. The molecule has 19 heavy (non-hydrogen) atoms. The van der Waals surface area contributed by atoms with E-state index in [-0.39, 0.29) is 12.8 Å². The third-order valence-electron chi connectivity index (χ3n) is 6.55. The third-order valence-corrected chi connectivity index (χ3v) is 6.55. The zero-order valence-corrected chi connectivity index (χ0v) is 11.7. The Kier molecular flexibility index (Phi) is 2.87. The van der Waals surface area contributed by atoms with Gasteiger partial charge in [-0.25, -0.2) is 0 Å². The highest BCUT2D eigenvalue weighted by Crippen LogP contribution is 2.68. The van der Waals surface area contributed by atoms with E-state index in [1.807, 2.05) is 0 Å². The fourth-order valence-electron chi connectivity index (χ4n) is 6.22. The van der Waals surface area contributed by atoms with Gasteiger partial charge in [-0.1, -0.05) is 0 Å². The fourth-order valence-corrected chi connectivity index (χ4v) is 6.22. The van der Waals surface area contributed by atoms with Gasteiger partial charge in [-0.05, 0) is 73.5 Å². The average Bonchev–Trinajstić information content (AvgIpc) is 3.10. The quantitative estimate of drug-likeness (QED) is 0.339. The molecule has 0 heterocycles. The van der Waals surface area contributed by atoms with Crippen LogP contribution in [0.3, 0.4) is 0 Å². The Labute approximate surface area is 115 Å². The summed E-state index contributed by atoms with van der Waals surface area (Å²) < 4.78 is 10.4. The second-order valence-corrected chi connectivity index (χ2v) is 7.27. The van der Waals surface area contributed by atoms with E-state index in [1.165, 1.54) is 39.0 Å². The summed E-state index contributed by atoms with van der Waals surface area (Å²) >= 11 is 0. The van der Waals surface area contributed by atoms with Crippen LogP contribution in [-0.2, 0) is 14.3 Å². The molecule has 4 rings (SSSR count). The molecule has 7 unspecified atom stereocenters. The van der Waals surface area contributed by atoms with Gasteiger partial charge >= 0.3 is 5.97 Å². The van der Waals surface area contributed by atoms with Crippen molar-refractivity contribution in [2.75, 3.05) is 13.4 Å². The highest BCUT2D eigenvalue weighted by molar-refractivity contribution is 5.65. The number of fused-ring (bicyclic) bond motifs is 9. The van der Waals surface area contributed by atoms with Gasteiger partial charge in [0.1, 0.15) is 0 Å². The van der Waals surface area contributed by atoms with E-state index in [2.05, 4.69) is 0 Å². The maximum absolute atomic E-state index is 10.7. The number of hydrogen-bond donors (Lipinski definition) is 0. The maximum Gasteiger partial charge on any atom is 0.304 e. The van der Waals surface area contributed by atoms with E-state index in [0.717, 1.165) is 48.0 Å². The zero-order valence-electron chi connectivity index (χ0n) is 11.7. The Morgan fingerprint density at radius 2 is 1.84 bits per heavy atom. The SMILES string of the molecule is CC(=O)OCOCC1CC2CC1C1C3CCC(C3)C21. The van der Waals surface area contributed by atoms with E-state index in [1.54, 1.807) is 0 Å². The Morgan fingerprint density at radius 1 is 1.05 bits per heavy atom. The molecule has 0 saturated heterocycles. The van der Waals surface area contributed by atoms with Crippen molar-refractivity contribution >= 4 is 5.97 Å². The van der Waals surface area contributed by atoms with Crippen molar-refractivity contribution in [2.24, 2.45) is 41.4 Å². The Morgan fingerprint density at radius 3 is 2.63 bits per heavy atom. The molecule has 0 aromatic heterocycles. The lowest BCUT2D eigenvalue weighted by atomic mass is 9.68. The molecule has 0 aliphatic heterocycles. The van der Waals surface area contributed by atoms with Crippen LogP contribution in [0.25, 0.3) is 0 Å². The normalized spacial score (nSPS) is 49.6. The summed E-state index contributed by atoms with van der Waals surface area (Å²) in [6.07, 6.45) is 7.38. The van der Waals surface area contributed by atoms with Gasteiger partial charge in [0.05, 0.1) is 6.61 Å². The van der Waals surface area contributed by atoms with Crippen LogP contribution >= 0.6 is 0 Å². The molecule has 0 amide bonds. The molecule has 0 N–H and O–H groups in total. The molecule has 3 nitrogen and oxygen atoms in total. The molecule has 0 radical (unpaired) electrons. The van der Waals surface area contributed by atoms with E-state index >= 15 is 0 Å². The molecule has 106 valence electrons. The highest BCUT2D eigenvalue weighted by atomic mass is 16.7. The summed E-state index contributed by atoms with van der Waals surface area (Å²) in [5, 5.41) is 0. The minimum atomic E-state index is -0.249. The standard InChI is InChI=1S/C16H24O3/c1-9(17)19-8-18-7-13-5-12-6-14(13)16-11-3-2-10(4-11)15(12)16/h10-16H,2-8H2,1H3. The zero-order chi connectivity index (χ0) is 13.0. The Balaban J connectivity index is 1.34. The van der Waals surface area contributed by atoms with Gasteiger partial charge in [0.15, 0.2) is 6.79 Å². The molecule has 4 aliphatic carbocycles. The summed E-state index contributed by atoms with van der Waals surface area (Å²) in [6, 6.07) is 0. The number of ether oxygens (including phenoxy) is 2. The number of carbonyl (C=O) groups excluding carboxylic acids is 1. The Hall–Kier alpha value is -0.570. The van der Waals surface area contributed by atoms with Gasteiger partial charge in [0.2, 0.25) is 0 Å². The smallest absolute Gasteiger partial charge is 0.304 e. The van der Waals surface area contributed by atoms with E-state index < -0.39 is 0 Å². The van der Waals surface area contributed by atoms with Gasteiger partial charge in [-0.2, -0.15) is 0 Å². The predicted molar refractivity (Wildman–Crippen MR) is 70.1 cm³/mol. The lowest BCUT2D eigenvalue weighted by Gasteiger charge is -2.38. The highest BCUT2D eigenvalue weighted by Gasteiger charge is 2.61. The summed E-state index contributed by atoms with van der Waals surface area (Å²) in [4.78, 5) is 10.7. The van der Waals surface area contributed by atoms with Crippen molar-refractivity contribution in [3.8, 4) is 0 Å². The first-order chi connectivity index (χ1) is 9.24. The number of rotatable bonds is 4. The molecule has 4 fully saturated rings. The first-order valence-corrected chi connectivity index (χ1v) is 7.95. The molecule has 0 aromatic rings. The minimum Gasteiger partial charge on any atom is -0.439 e. The first-order valence-electron chi connectivity index (χ1n) is 7.95. The molecule has 3 heteroatoms. The molecule has 4 saturated carbocycles. The van der Waals surface area contributed by atoms with Crippen molar-refractivity contribution in [1.29, 1.82) is 0 Å². The van der Waals surface area contributed by atoms with Crippen LogP contribution in [0.2, 0.25) is 0 Å². The van der Waals surface area contributed by atoms with E-state index in [9.17, 15) is 4.79 Å².